The van der Waals surface area contributed by atoms with E-state index in [2.05, 4.69) is 55.1 Å². The number of fused-ring (bicyclic) bond motifs is 2. The first kappa shape index (κ1) is 35.0. The average molecular weight is 735 g/mol. The lowest BCUT2D eigenvalue weighted by Crippen LogP contribution is -2.75. The molecule has 1 atom stereocenters. The maximum absolute atomic E-state index is 13.2. The Morgan fingerprint density at radius 2 is 1.83 bits per heavy atom. The fourth-order valence-electron chi connectivity index (χ4n) is 9.56. The zero-order chi connectivity index (χ0) is 36.8. The molecule has 10 nitrogen and oxygen atoms in total. The third-order valence-electron chi connectivity index (χ3n) is 11.7. The highest BCUT2D eigenvalue weighted by molar-refractivity contribution is 7.18. The van der Waals surface area contributed by atoms with Crippen LogP contribution in [0, 0.1) is 29.1 Å². The van der Waals surface area contributed by atoms with Gasteiger partial charge in [-0.3, -0.25) is 4.90 Å². The normalized spacial score (nSPS) is 25.8. The Labute approximate surface area is 305 Å². The number of hydrogen-bond donors (Lipinski definition) is 2. The number of carbonyl (C=O) groups excluding carboxylic acids is 1. The number of nitriles is 1. The van der Waals surface area contributed by atoms with Crippen LogP contribution in [-0.2, 0) is 24.2 Å². The molecule has 2 saturated heterocycles. The van der Waals surface area contributed by atoms with Crippen LogP contribution < -0.4 is 15.5 Å². The Hall–Kier alpha value is -4.09. The maximum Gasteiger partial charge on any atom is 0.408 e. The first-order valence-electron chi connectivity index (χ1n) is 18.0. The summed E-state index contributed by atoms with van der Waals surface area (Å²) in [7, 11) is 1.73. The molecule has 3 aliphatic carbocycles. The van der Waals surface area contributed by atoms with Crippen LogP contribution in [-0.4, -0.2) is 76.1 Å². The summed E-state index contributed by atoms with van der Waals surface area (Å²) < 4.78 is 47.3. The van der Waals surface area contributed by atoms with Gasteiger partial charge >= 0.3 is 12.3 Å². The number of alkyl halides is 3. The number of halogens is 3. The minimum atomic E-state index is -4.28. The minimum absolute atomic E-state index is 0.0790. The van der Waals surface area contributed by atoms with Gasteiger partial charge in [-0.25, -0.2) is 9.78 Å². The molecule has 276 valence electrons. The molecule has 3 saturated carbocycles. The number of nitrogens with zero attached hydrogens (tertiary/aromatic N) is 6. The quantitative estimate of drug-likeness (QED) is 0.191. The minimum Gasteiger partial charge on any atom is -0.444 e. The Kier molecular flexibility index (Phi) is 8.04. The molecule has 5 aliphatic rings. The van der Waals surface area contributed by atoms with Crippen LogP contribution in [0.4, 0.5) is 29.7 Å². The number of aryl methyl sites for hydroxylation is 1. The summed E-state index contributed by atoms with van der Waals surface area (Å²) in [5.41, 5.74) is 3.62. The number of alkyl carbamates (subject to hydrolysis) is 1. The molecule has 0 radical (unpaired) electrons. The van der Waals surface area contributed by atoms with Crippen LogP contribution >= 0.6 is 11.3 Å². The van der Waals surface area contributed by atoms with Gasteiger partial charge in [-0.05, 0) is 101 Å². The first-order chi connectivity index (χ1) is 24.5. The molecule has 1 amide bonds. The third-order valence-corrected chi connectivity index (χ3v) is 12.7. The lowest BCUT2D eigenvalue weighted by Gasteiger charge is -2.70. The highest BCUT2D eigenvalue weighted by Gasteiger charge is 2.68. The monoisotopic (exact) mass is 734 g/mol. The topological polar surface area (TPSA) is 111 Å². The van der Waals surface area contributed by atoms with Gasteiger partial charge in [0.15, 0.2) is 0 Å². The van der Waals surface area contributed by atoms with Gasteiger partial charge < -0.3 is 24.8 Å². The van der Waals surface area contributed by atoms with Crippen LogP contribution in [0.15, 0.2) is 24.3 Å². The van der Waals surface area contributed by atoms with Crippen molar-refractivity contribution < 1.29 is 22.7 Å². The number of nitrogens with one attached hydrogen (secondary N) is 2. The van der Waals surface area contributed by atoms with Gasteiger partial charge in [-0.1, -0.05) is 6.07 Å². The summed E-state index contributed by atoms with van der Waals surface area (Å²) in [5.74, 6) is 1.13. The predicted molar refractivity (Wildman–Crippen MR) is 196 cm³/mol. The van der Waals surface area contributed by atoms with Crippen LogP contribution in [0.2, 0.25) is 0 Å². The lowest BCUT2D eigenvalue weighted by atomic mass is 9.39. The summed E-state index contributed by atoms with van der Waals surface area (Å²) >= 11 is 1.09. The van der Waals surface area contributed by atoms with Crippen molar-refractivity contribution in [3.05, 3.63) is 46.0 Å². The Morgan fingerprint density at radius 3 is 2.52 bits per heavy atom. The smallest absolute Gasteiger partial charge is 0.408 e. The number of thiophene rings is 1. The molecule has 1 unspecified atom stereocenters. The van der Waals surface area contributed by atoms with E-state index in [1.54, 1.807) is 13.1 Å². The van der Waals surface area contributed by atoms with E-state index in [-0.39, 0.29) is 27.3 Å². The first-order valence-corrected chi connectivity index (χ1v) is 18.9. The molecule has 1 aromatic carbocycles. The summed E-state index contributed by atoms with van der Waals surface area (Å²) in [6.07, 6.45) is -0.905. The largest absolute Gasteiger partial charge is 0.444 e. The molecule has 14 heteroatoms. The van der Waals surface area contributed by atoms with Crippen LogP contribution in [0.25, 0.3) is 21.1 Å². The van der Waals surface area contributed by atoms with Crippen molar-refractivity contribution in [1.29, 1.82) is 5.26 Å². The average Bonchev–Trinajstić information content (AvgIpc) is 3.80. The molecule has 5 heterocycles. The van der Waals surface area contributed by atoms with Crippen molar-refractivity contribution in [2.75, 3.05) is 43.4 Å². The maximum atomic E-state index is 13.2. The van der Waals surface area contributed by atoms with Crippen molar-refractivity contribution in [1.82, 2.24) is 24.8 Å². The Balaban J connectivity index is 0.941. The van der Waals surface area contributed by atoms with Gasteiger partial charge in [0, 0.05) is 66.5 Å². The molecule has 4 aromatic rings. The predicted octanol–water partition coefficient (Wildman–Crippen LogP) is 7.52. The van der Waals surface area contributed by atoms with Gasteiger partial charge in [0.1, 0.15) is 28.0 Å². The fourth-order valence-corrected chi connectivity index (χ4v) is 10.6. The van der Waals surface area contributed by atoms with E-state index in [0.717, 1.165) is 93.6 Å². The second-order valence-corrected chi connectivity index (χ2v) is 18.0. The Bertz CT molecular complexity index is 2110. The van der Waals surface area contributed by atoms with Crippen molar-refractivity contribution in [2.45, 2.75) is 96.6 Å². The zero-order valence-electron chi connectivity index (χ0n) is 30.3. The van der Waals surface area contributed by atoms with Crippen molar-refractivity contribution >= 4 is 50.3 Å². The standard InChI is InChI=1S/C38H45F3N8O2S/c1-23-24(6-7-29-27(23)12-25(15-42)49(29)22-36-17-37(18-36,19-36)46-33(50)51-34(2,3)4)16-47-10-8-35(20-47)9-11-48(21-35)30-28-13-26(14-38(39,40)41)52-31(28)45-32(43-5)44-30/h6-7,12-13H,8-11,14,16-22H2,1-5H3,(H,46,50)(H,43,44,45). The Morgan fingerprint density at radius 1 is 1.08 bits per heavy atom. The summed E-state index contributed by atoms with van der Waals surface area (Å²) in [4.78, 5) is 27.2. The molecule has 1 spiro atoms. The number of benzene rings is 1. The number of carbonyl (C=O) groups is 1. The fraction of sp³-hybridized carbons (Fsp3) is 0.579. The van der Waals surface area contributed by atoms with Crippen molar-refractivity contribution in [2.24, 2.45) is 10.8 Å². The van der Waals surface area contributed by atoms with Gasteiger partial charge in [-0.15, -0.1) is 11.3 Å². The molecule has 2 N–H and O–H groups in total. The van der Waals surface area contributed by atoms with Crippen LogP contribution in [0.3, 0.4) is 0 Å². The van der Waals surface area contributed by atoms with Crippen molar-refractivity contribution in [3.8, 4) is 6.07 Å². The molecule has 2 bridgehead atoms. The summed E-state index contributed by atoms with van der Waals surface area (Å²) in [5, 5.41) is 18.0. The number of hydrogen-bond acceptors (Lipinski definition) is 9. The highest BCUT2D eigenvalue weighted by atomic mass is 32.1. The molecule has 3 aromatic heterocycles. The van der Waals surface area contributed by atoms with E-state index < -0.39 is 18.2 Å². The zero-order valence-corrected chi connectivity index (χ0v) is 31.2. The van der Waals surface area contributed by atoms with E-state index in [1.807, 2.05) is 26.8 Å². The van der Waals surface area contributed by atoms with Crippen LogP contribution in [0.5, 0.6) is 0 Å². The second-order valence-electron chi connectivity index (χ2n) is 16.9. The van der Waals surface area contributed by atoms with Gasteiger partial charge in [0.05, 0.1) is 11.8 Å². The second kappa shape index (κ2) is 12.0. The van der Waals surface area contributed by atoms with Gasteiger partial charge in [0.2, 0.25) is 5.95 Å². The third kappa shape index (κ3) is 6.33. The molecular formula is C38H45F3N8O2S. The van der Waals surface area contributed by atoms with E-state index in [0.29, 0.717) is 27.7 Å². The highest BCUT2D eigenvalue weighted by Crippen LogP contribution is 2.68. The number of likely N-dealkylation sites (tertiary alicyclic amines) is 1. The summed E-state index contributed by atoms with van der Waals surface area (Å²) in [6.45, 7) is 12.8. The molecule has 9 rings (SSSR count). The number of ether oxygens (including phenoxy) is 1. The number of anilines is 2. The molecular weight excluding hydrogens is 690 g/mol. The molecule has 5 fully saturated rings. The number of amides is 1. The molecule has 52 heavy (non-hydrogen) atoms. The number of rotatable bonds is 8. The summed E-state index contributed by atoms with van der Waals surface area (Å²) in [6, 6.07) is 10.5. The van der Waals surface area contributed by atoms with E-state index in [9.17, 15) is 23.2 Å². The number of aromatic nitrogens is 3. The van der Waals surface area contributed by atoms with E-state index >= 15 is 0 Å². The lowest BCUT2D eigenvalue weighted by molar-refractivity contribution is -0.160. The molecule has 2 aliphatic heterocycles. The van der Waals surface area contributed by atoms with Crippen LogP contribution in [0.1, 0.15) is 74.6 Å². The SMILES string of the molecule is CNc1nc(N2CCC3(CCN(Cc4ccc5c(cc(C#N)n5CC56CC(NC(=O)OC(C)(C)C)(C5)C6)c4C)C3)C2)c2cc(CC(F)(F)F)sc2n1. The van der Waals surface area contributed by atoms with Crippen molar-refractivity contribution in [3.63, 3.8) is 0 Å². The van der Waals surface area contributed by atoms with Gasteiger partial charge in [0.25, 0.3) is 0 Å². The van der Waals surface area contributed by atoms with E-state index in [1.165, 1.54) is 11.1 Å². The van der Waals surface area contributed by atoms with Gasteiger partial charge in [-0.2, -0.15) is 23.4 Å². The van der Waals surface area contributed by atoms with E-state index in [4.69, 9.17) is 9.72 Å².